The molecule has 1 aliphatic heterocycles. The minimum atomic E-state index is 0.238. The number of carbonyl (C=O) groups excluding carboxylic acids is 1. The first-order chi connectivity index (χ1) is 11.7. The van der Waals surface area contributed by atoms with Crippen molar-refractivity contribution in [2.24, 2.45) is 0 Å². The number of aryl methyl sites for hydroxylation is 2. The van der Waals surface area contributed by atoms with Crippen LogP contribution in [0.15, 0.2) is 48.5 Å². The molecule has 2 aromatic rings. The fourth-order valence-electron chi connectivity index (χ4n) is 3.27. The fourth-order valence-corrected chi connectivity index (χ4v) is 3.27. The van der Waals surface area contributed by atoms with E-state index in [1.807, 2.05) is 17.0 Å². The second-order valence-corrected chi connectivity index (χ2v) is 6.55. The Balaban J connectivity index is 1.55. The van der Waals surface area contributed by atoms with E-state index in [-0.39, 0.29) is 5.91 Å². The molecule has 2 aromatic carbocycles. The molecule has 0 unspecified atom stereocenters. The second kappa shape index (κ2) is 7.52. The zero-order chi connectivity index (χ0) is 16.9. The Labute approximate surface area is 144 Å². The number of hydrogen-bond acceptors (Lipinski definition) is 2. The number of piperazine rings is 1. The van der Waals surface area contributed by atoms with E-state index in [0.717, 1.165) is 38.2 Å². The largest absolute Gasteiger partial charge is 0.368 e. The quantitative estimate of drug-likeness (QED) is 0.861. The number of carbonyl (C=O) groups is 1. The summed E-state index contributed by atoms with van der Waals surface area (Å²) in [5.41, 5.74) is 4.95. The molecule has 0 atom stereocenters. The molecular formula is C21H26N2O. The van der Waals surface area contributed by atoms with Crippen molar-refractivity contribution in [1.29, 1.82) is 0 Å². The van der Waals surface area contributed by atoms with Gasteiger partial charge in [0, 0.05) is 31.9 Å². The molecule has 1 heterocycles. The molecular weight excluding hydrogens is 296 g/mol. The molecule has 24 heavy (non-hydrogen) atoms. The van der Waals surface area contributed by atoms with Crippen LogP contribution in [0.1, 0.15) is 23.6 Å². The van der Waals surface area contributed by atoms with Crippen LogP contribution in [0.4, 0.5) is 5.69 Å². The Bertz CT molecular complexity index is 685. The lowest BCUT2D eigenvalue weighted by Crippen LogP contribution is -2.49. The van der Waals surface area contributed by atoms with Crippen molar-refractivity contribution in [3.8, 4) is 0 Å². The number of rotatable bonds is 4. The van der Waals surface area contributed by atoms with Gasteiger partial charge < -0.3 is 9.80 Å². The van der Waals surface area contributed by atoms with Crippen LogP contribution in [0.5, 0.6) is 0 Å². The Morgan fingerprint density at radius 2 is 1.67 bits per heavy atom. The molecule has 0 bridgehead atoms. The molecule has 0 aromatic heterocycles. The lowest BCUT2D eigenvalue weighted by molar-refractivity contribution is -0.130. The fraction of sp³-hybridized carbons (Fsp3) is 0.381. The van der Waals surface area contributed by atoms with Crippen molar-refractivity contribution in [2.45, 2.75) is 26.7 Å². The van der Waals surface area contributed by atoms with Crippen LogP contribution in [0.25, 0.3) is 0 Å². The molecule has 126 valence electrons. The molecule has 3 heteroatoms. The van der Waals surface area contributed by atoms with Gasteiger partial charge in [0.2, 0.25) is 5.91 Å². The summed E-state index contributed by atoms with van der Waals surface area (Å²) < 4.78 is 0. The predicted molar refractivity (Wildman–Crippen MR) is 99.5 cm³/mol. The van der Waals surface area contributed by atoms with Crippen LogP contribution in [-0.4, -0.2) is 37.0 Å². The van der Waals surface area contributed by atoms with Crippen LogP contribution in [0, 0.1) is 6.92 Å². The summed E-state index contributed by atoms with van der Waals surface area (Å²) in [6.07, 6.45) is 1.58. The van der Waals surface area contributed by atoms with E-state index in [1.54, 1.807) is 0 Å². The van der Waals surface area contributed by atoms with Crippen molar-refractivity contribution < 1.29 is 4.79 Å². The van der Waals surface area contributed by atoms with Gasteiger partial charge in [-0.25, -0.2) is 0 Å². The Kier molecular flexibility index (Phi) is 5.19. The predicted octanol–water partition coefficient (Wildman–Crippen LogP) is 3.45. The zero-order valence-corrected chi connectivity index (χ0v) is 14.7. The Hall–Kier alpha value is -2.29. The monoisotopic (exact) mass is 322 g/mol. The highest BCUT2D eigenvalue weighted by atomic mass is 16.2. The third-order valence-corrected chi connectivity index (χ3v) is 4.78. The lowest BCUT2D eigenvalue weighted by Gasteiger charge is -2.36. The molecule has 1 amide bonds. The minimum absolute atomic E-state index is 0.238. The molecule has 0 N–H and O–H groups in total. The summed E-state index contributed by atoms with van der Waals surface area (Å²) in [5, 5.41) is 0. The van der Waals surface area contributed by atoms with Crippen molar-refractivity contribution in [2.75, 3.05) is 31.1 Å². The molecule has 1 aliphatic rings. The van der Waals surface area contributed by atoms with E-state index in [9.17, 15) is 4.79 Å². The highest BCUT2D eigenvalue weighted by molar-refractivity contribution is 5.79. The van der Waals surface area contributed by atoms with E-state index >= 15 is 0 Å². The first-order valence-corrected chi connectivity index (χ1v) is 8.83. The third-order valence-electron chi connectivity index (χ3n) is 4.78. The van der Waals surface area contributed by atoms with Gasteiger partial charge in [-0.15, -0.1) is 0 Å². The van der Waals surface area contributed by atoms with Crippen molar-refractivity contribution >= 4 is 11.6 Å². The maximum atomic E-state index is 12.5. The summed E-state index contributed by atoms with van der Waals surface area (Å²) in [6.45, 7) is 7.67. The average Bonchev–Trinajstić information content (AvgIpc) is 2.62. The smallest absolute Gasteiger partial charge is 0.227 e. The highest BCUT2D eigenvalue weighted by Crippen LogP contribution is 2.18. The number of anilines is 1. The zero-order valence-electron chi connectivity index (χ0n) is 14.7. The maximum absolute atomic E-state index is 12.5. The average molecular weight is 322 g/mol. The standard InChI is InChI=1S/C21H26N2O/c1-3-18-7-9-20(10-8-18)22-11-13-23(14-12-22)21(24)16-19-6-4-5-17(2)15-19/h4-10,15H,3,11-14,16H2,1-2H3. The van der Waals surface area contributed by atoms with Crippen LogP contribution >= 0.6 is 0 Å². The van der Waals surface area contributed by atoms with Crippen LogP contribution in [-0.2, 0) is 17.6 Å². The summed E-state index contributed by atoms with van der Waals surface area (Å²) in [6, 6.07) is 17.0. The summed E-state index contributed by atoms with van der Waals surface area (Å²) in [5.74, 6) is 0.238. The highest BCUT2D eigenvalue weighted by Gasteiger charge is 2.21. The van der Waals surface area contributed by atoms with E-state index in [0.29, 0.717) is 6.42 Å². The number of benzene rings is 2. The third kappa shape index (κ3) is 3.97. The van der Waals surface area contributed by atoms with Gasteiger partial charge >= 0.3 is 0 Å². The van der Waals surface area contributed by atoms with Crippen molar-refractivity contribution in [3.63, 3.8) is 0 Å². The van der Waals surface area contributed by atoms with E-state index in [1.165, 1.54) is 16.8 Å². The molecule has 0 radical (unpaired) electrons. The van der Waals surface area contributed by atoms with Crippen molar-refractivity contribution in [1.82, 2.24) is 4.90 Å². The number of amides is 1. The van der Waals surface area contributed by atoms with Gasteiger partial charge in [-0.3, -0.25) is 4.79 Å². The molecule has 1 saturated heterocycles. The van der Waals surface area contributed by atoms with Gasteiger partial charge in [0.25, 0.3) is 0 Å². The van der Waals surface area contributed by atoms with Gasteiger partial charge in [-0.1, -0.05) is 48.9 Å². The SMILES string of the molecule is CCc1ccc(N2CCN(C(=O)Cc3cccc(C)c3)CC2)cc1. The molecule has 0 spiro atoms. The van der Waals surface area contributed by atoms with Gasteiger partial charge in [-0.2, -0.15) is 0 Å². The van der Waals surface area contributed by atoms with Gasteiger partial charge in [-0.05, 0) is 36.6 Å². The molecule has 1 fully saturated rings. The Morgan fingerprint density at radius 1 is 0.958 bits per heavy atom. The Morgan fingerprint density at radius 3 is 2.29 bits per heavy atom. The van der Waals surface area contributed by atoms with Gasteiger partial charge in [0.1, 0.15) is 0 Å². The minimum Gasteiger partial charge on any atom is -0.368 e. The lowest BCUT2D eigenvalue weighted by atomic mass is 10.1. The normalized spacial score (nSPS) is 14.8. The van der Waals surface area contributed by atoms with Gasteiger partial charge in [0.15, 0.2) is 0 Å². The van der Waals surface area contributed by atoms with Crippen LogP contribution in [0.3, 0.4) is 0 Å². The van der Waals surface area contributed by atoms with Crippen LogP contribution < -0.4 is 4.90 Å². The van der Waals surface area contributed by atoms with E-state index < -0.39 is 0 Å². The maximum Gasteiger partial charge on any atom is 0.227 e. The first kappa shape index (κ1) is 16.6. The summed E-state index contributed by atoms with van der Waals surface area (Å²) >= 11 is 0. The second-order valence-electron chi connectivity index (χ2n) is 6.55. The number of nitrogens with zero attached hydrogens (tertiary/aromatic N) is 2. The first-order valence-electron chi connectivity index (χ1n) is 8.83. The summed E-state index contributed by atoms with van der Waals surface area (Å²) in [4.78, 5) is 16.9. The van der Waals surface area contributed by atoms with Crippen molar-refractivity contribution in [3.05, 3.63) is 65.2 Å². The molecule has 0 aliphatic carbocycles. The summed E-state index contributed by atoms with van der Waals surface area (Å²) in [7, 11) is 0. The van der Waals surface area contributed by atoms with E-state index in [4.69, 9.17) is 0 Å². The topological polar surface area (TPSA) is 23.6 Å². The van der Waals surface area contributed by atoms with Crippen LogP contribution in [0.2, 0.25) is 0 Å². The van der Waals surface area contributed by atoms with Gasteiger partial charge in [0.05, 0.1) is 6.42 Å². The molecule has 0 saturated carbocycles. The molecule has 3 rings (SSSR count). The van der Waals surface area contributed by atoms with E-state index in [2.05, 4.69) is 55.1 Å². The number of hydrogen-bond donors (Lipinski definition) is 0. The molecule has 3 nitrogen and oxygen atoms in total.